The Labute approximate surface area is 139 Å². The molecule has 0 radical (unpaired) electrons. The van der Waals surface area contributed by atoms with Gasteiger partial charge in [0.05, 0.1) is 16.7 Å². The van der Waals surface area contributed by atoms with Gasteiger partial charge in [-0.05, 0) is 24.8 Å². The molecule has 0 bridgehead atoms. The molecule has 3 rings (SSSR count). The van der Waals surface area contributed by atoms with Crippen LogP contribution < -0.4 is 0 Å². The molecule has 2 heterocycles. The van der Waals surface area contributed by atoms with Crippen LogP contribution in [0.25, 0.3) is 0 Å². The van der Waals surface area contributed by atoms with Crippen molar-refractivity contribution in [1.29, 1.82) is 0 Å². The van der Waals surface area contributed by atoms with Crippen LogP contribution in [0.2, 0.25) is 5.02 Å². The second kappa shape index (κ2) is 6.09. The molecular weight excluding hydrogens is 320 g/mol. The maximum atomic E-state index is 12.6. The number of carbonyl (C=O) groups excluding carboxylic acids is 1. The molecule has 2 atom stereocenters. The lowest BCUT2D eigenvalue weighted by atomic mass is 9.73. The van der Waals surface area contributed by atoms with Gasteiger partial charge < -0.3 is 15.1 Å². The van der Waals surface area contributed by atoms with E-state index in [1.165, 1.54) is 23.4 Å². The number of aliphatic hydroxyl groups is 1. The molecule has 0 aromatic carbocycles. The van der Waals surface area contributed by atoms with Gasteiger partial charge in [0, 0.05) is 25.5 Å². The van der Waals surface area contributed by atoms with Crippen molar-refractivity contribution in [3.63, 3.8) is 0 Å². The smallest absolute Gasteiger partial charge is 0.314 e. The molecule has 1 amide bonds. The minimum Gasteiger partial charge on any atom is -0.481 e. The first-order valence-electron chi connectivity index (χ1n) is 7.73. The van der Waals surface area contributed by atoms with Gasteiger partial charge in [-0.2, -0.15) is 0 Å². The zero-order valence-corrected chi connectivity index (χ0v) is 13.4. The zero-order valence-electron chi connectivity index (χ0n) is 12.6. The predicted octanol–water partition coefficient (Wildman–Crippen LogP) is 1.81. The van der Waals surface area contributed by atoms with Crippen molar-refractivity contribution in [3.8, 4) is 0 Å². The molecule has 1 aliphatic heterocycles. The van der Waals surface area contributed by atoms with Gasteiger partial charge in [-0.1, -0.05) is 24.4 Å². The van der Waals surface area contributed by atoms with E-state index >= 15 is 0 Å². The highest BCUT2D eigenvalue weighted by Crippen LogP contribution is 2.45. The van der Waals surface area contributed by atoms with Gasteiger partial charge in [-0.15, -0.1) is 0 Å². The predicted molar refractivity (Wildman–Crippen MR) is 83.2 cm³/mol. The fourth-order valence-electron chi connectivity index (χ4n) is 3.30. The Morgan fingerprint density at radius 1 is 1.35 bits per heavy atom. The van der Waals surface area contributed by atoms with Crippen LogP contribution in [-0.2, 0) is 4.79 Å². The number of aliphatic hydroxyl groups excluding tert-OH is 1. The molecule has 6 nitrogen and oxygen atoms in total. The topological polar surface area (TPSA) is 90.7 Å². The normalized spacial score (nSPS) is 27.7. The number of hydrogen-bond donors (Lipinski definition) is 2. The van der Waals surface area contributed by atoms with Crippen molar-refractivity contribution < 1.29 is 19.8 Å². The number of hydrogen-bond acceptors (Lipinski definition) is 4. The van der Waals surface area contributed by atoms with Gasteiger partial charge in [-0.3, -0.25) is 14.6 Å². The van der Waals surface area contributed by atoms with Crippen molar-refractivity contribution in [3.05, 3.63) is 29.0 Å². The number of carboxylic acids is 1. The van der Waals surface area contributed by atoms with Crippen molar-refractivity contribution in [1.82, 2.24) is 9.88 Å². The maximum absolute atomic E-state index is 12.6. The third-order valence-electron chi connectivity index (χ3n) is 4.80. The number of nitrogens with zero attached hydrogens (tertiary/aromatic N) is 2. The number of carbonyl (C=O) groups is 2. The lowest BCUT2D eigenvalue weighted by Crippen LogP contribution is -2.57. The van der Waals surface area contributed by atoms with E-state index < -0.39 is 17.5 Å². The first-order valence-corrected chi connectivity index (χ1v) is 8.11. The van der Waals surface area contributed by atoms with Crippen LogP contribution >= 0.6 is 11.6 Å². The molecule has 7 heteroatoms. The lowest BCUT2D eigenvalue weighted by molar-refractivity contribution is -0.163. The van der Waals surface area contributed by atoms with Gasteiger partial charge in [0.25, 0.3) is 5.91 Å². The largest absolute Gasteiger partial charge is 0.481 e. The molecule has 2 N–H and O–H groups in total. The van der Waals surface area contributed by atoms with E-state index in [1.807, 2.05) is 0 Å². The van der Waals surface area contributed by atoms with Gasteiger partial charge in [0.1, 0.15) is 5.41 Å². The van der Waals surface area contributed by atoms with Crippen LogP contribution in [0, 0.1) is 11.3 Å². The molecule has 1 aromatic heterocycles. The third kappa shape index (κ3) is 3.19. The molecule has 1 aliphatic carbocycles. The van der Waals surface area contributed by atoms with Crippen molar-refractivity contribution in [2.75, 3.05) is 13.1 Å². The van der Waals surface area contributed by atoms with Crippen LogP contribution in [0.5, 0.6) is 0 Å². The van der Waals surface area contributed by atoms with E-state index in [2.05, 4.69) is 4.98 Å². The minimum absolute atomic E-state index is 0.0192. The molecule has 23 heavy (non-hydrogen) atoms. The number of rotatable bonds is 4. The highest BCUT2D eigenvalue weighted by atomic mass is 35.5. The summed E-state index contributed by atoms with van der Waals surface area (Å²) in [6.45, 7) is 0.345. The van der Waals surface area contributed by atoms with Crippen LogP contribution in [0.15, 0.2) is 18.5 Å². The van der Waals surface area contributed by atoms with E-state index in [-0.39, 0.29) is 18.9 Å². The molecule has 1 saturated carbocycles. The molecule has 2 fully saturated rings. The Kier molecular flexibility index (Phi) is 4.29. The highest BCUT2D eigenvalue weighted by molar-refractivity contribution is 6.30. The Bertz CT molecular complexity index is 634. The van der Waals surface area contributed by atoms with Gasteiger partial charge in [-0.25, -0.2) is 0 Å². The maximum Gasteiger partial charge on any atom is 0.314 e. The number of halogens is 1. The Balaban J connectivity index is 1.83. The summed E-state index contributed by atoms with van der Waals surface area (Å²) in [6.07, 6.45) is 4.60. The Hall–Kier alpha value is -1.66. The lowest BCUT2D eigenvalue weighted by Gasteiger charge is -2.43. The van der Waals surface area contributed by atoms with E-state index in [0.717, 1.165) is 12.8 Å². The van der Waals surface area contributed by atoms with Gasteiger partial charge in [0.15, 0.2) is 0 Å². The fourth-order valence-corrected chi connectivity index (χ4v) is 3.47. The summed E-state index contributed by atoms with van der Waals surface area (Å²) in [6, 6.07) is 1.52. The average Bonchev–Trinajstić information content (AvgIpc) is 3.32. The quantitative estimate of drug-likeness (QED) is 0.873. The van der Waals surface area contributed by atoms with Crippen LogP contribution in [0.4, 0.5) is 0 Å². The Morgan fingerprint density at radius 3 is 2.70 bits per heavy atom. The minimum atomic E-state index is -1.28. The summed E-state index contributed by atoms with van der Waals surface area (Å²) in [5, 5.41) is 20.4. The number of likely N-dealkylation sites (tertiary alicyclic amines) is 1. The standard InChI is InChI=1S/C16H19ClN2O4/c17-12-5-11(7-18-8-12)14(21)19-4-3-13(20)16(9-19,15(22)23)6-10-1-2-10/h5,7-8,10,13,20H,1-4,6,9H2,(H,22,23)/t13-,16+/m1/s1. The summed E-state index contributed by atoms with van der Waals surface area (Å²) in [4.78, 5) is 29.9. The van der Waals surface area contributed by atoms with E-state index in [4.69, 9.17) is 11.6 Å². The van der Waals surface area contributed by atoms with E-state index in [1.54, 1.807) is 0 Å². The summed E-state index contributed by atoms with van der Waals surface area (Å²) in [7, 11) is 0. The average molecular weight is 339 g/mol. The monoisotopic (exact) mass is 338 g/mol. The second-order valence-electron chi connectivity index (χ2n) is 6.53. The molecular formula is C16H19ClN2O4. The molecule has 124 valence electrons. The van der Waals surface area contributed by atoms with Gasteiger partial charge in [0.2, 0.25) is 0 Å². The van der Waals surface area contributed by atoms with Crippen LogP contribution in [-0.4, -0.2) is 51.2 Å². The number of pyridine rings is 1. The van der Waals surface area contributed by atoms with Gasteiger partial charge >= 0.3 is 5.97 Å². The molecule has 0 spiro atoms. The number of amides is 1. The van der Waals surface area contributed by atoms with Crippen molar-refractivity contribution in [2.45, 2.75) is 31.8 Å². The summed E-state index contributed by atoms with van der Waals surface area (Å²) in [5.41, 5.74) is -0.944. The number of aromatic nitrogens is 1. The first-order chi connectivity index (χ1) is 10.9. The first kappa shape index (κ1) is 16.2. The van der Waals surface area contributed by atoms with E-state index in [9.17, 15) is 19.8 Å². The third-order valence-corrected chi connectivity index (χ3v) is 5.00. The van der Waals surface area contributed by atoms with Crippen LogP contribution in [0.1, 0.15) is 36.0 Å². The summed E-state index contributed by atoms with van der Waals surface area (Å²) >= 11 is 5.87. The molecule has 0 unspecified atom stereocenters. The van der Waals surface area contributed by atoms with Crippen molar-refractivity contribution in [2.24, 2.45) is 11.3 Å². The SMILES string of the molecule is O=C(c1cncc(Cl)c1)N1CC[C@@H](O)[C@@](CC2CC2)(C(=O)O)C1. The number of piperidine rings is 1. The molecule has 1 aromatic rings. The zero-order chi connectivity index (χ0) is 16.6. The fraction of sp³-hybridized carbons (Fsp3) is 0.562. The van der Waals surface area contributed by atoms with E-state index in [0.29, 0.717) is 29.5 Å². The number of aliphatic carboxylic acids is 1. The van der Waals surface area contributed by atoms with Crippen molar-refractivity contribution >= 4 is 23.5 Å². The molecule has 2 aliphatic rings. The second-order valence-corrected chi connectivity index (χ2v) is 6.97. The Morgan fingerprint density at radius 2 is 2.09 bits per heavy atom. The molecule has 1 saturated heterocycles. The highest BCUT2D eigenvalue weighted by Gasteiger charge is 2.52. The summed E-state index contributed by atoms with van der Waals surface area (Å²) in [5.74, 6) is -0.990. The summed E-state index contributed by atoms with van der Waals surface area (Å²) < 4.78 is 0. The van der Waals surface area contributed by atoms with Crippen LogP contribution in [0.3, 0.4) is 0 Å². The number of carboxylic acid groups (broad SMARTS) is 1.